The van der Waals surface area contributed by atoms with Crippen LogP contribution < -0.4 is 14.2 Å². The van der Waals surface area contributed by atoms with E-state index in [-0.39, 0.29) is 22.8 Å². The van der Waals surface area contributed by atoms with Crippen LogP contribution in [0.3, 0.4) is 0 Å². The summed E-state index contributed by atoms with van der Waals surface area (Å²) in [5.74, 6) is 0.782. The molecule has 9 heteroatoms. The minimum atomic E-state index is -3.73. The fourth-order valence-electron chi connectivity index (χ4n) is 3.04. The summed E-state index contributed by atoms with van der Waals surface area (Å²) in [4.78, 5) is 4.17. The number of rotatable bonds is 6. The first-order valence-corrected chi connectivity index (χ1v) is 10.8. The predicted octanol–water partition coefficient (Wildman–Crippen LogP) is 4.07. The van der Waals surface area contributed by atoms with Gasteiger partial charge in [0.15, 0.2) is 0 Å². The Kier molecular flexibility index (Phi) is 6.47. The molecule has 1 aliphatic rings. The van der Waals surface area contributed by atoms with Crippen molar-refractivity contribution in [2.45, 2.75) is 42.7 Å². The standard InChI is InChI=1S/C18H20Cl2N2O4S/c1-25-16-8-2-12(19)10-17(16)27(23,24)22-14-4-6-15(7-5-14)26-18-9-3-13(20)11-21-18/h2-3,8-11,14-15,22H,4-7H2,1H3. The summed E-state index contributed by atoms with van der Waals surface area (Å²) in [6.07, 6.45) is 4.32. The Hall–Kier alpha value is -1.54. The van der Waals surface area contributed by atoms with E-state index < -0.39 is 10.0 Å². The molecule has 1 aliphatic carbocycles. The van der Waals surface area contributed by atoms with Crippen LogP contribution in [0.5, 0.6) is 11.6 Å². The van der Waals surface area contributed by atoms with Gasteiger partial charge >= 0.3 is 0 Å². The van der Waals surface area contributed by atoms with E-state index in [9.17, 15) is 8.42 Å². The molecule has 1 saturated carbocycles. The maximum Gasteiger partial charge on any atom is 0.244 e. The molecule has 0 aliphatic heterocycles. The highest BCUT2D eigenvalue weighted by molar-refractivity contribution is 7.89. The van der Waals surface area contributed by atoms with Crippen molar-refractivity contribution in [2.24, 2.45) is 0 Å². The molecule has 3 rings (SSSR count). The van der Waals surface area contributed by atoms with Crippen LogP contribution in [-0.4, -0.2) is 32.7 Å². The minimum Gasteiger partial charge on any atom is -0.495 e. The maximum atomic E-state index is 12.7. The average molecular weight is 431 g/mol. The number of halogens is 2. The van der Waals surface area contributed by atoms with Gasteiger partial charge in [0.1, 0.15) is 16.7 Å². The van der Waals surface area contributed by atoms with Crippen molar-refractivity contribution < 1.29 is 17.9 Å². The molecule has 2 aromatic rings. The highest BCUT2D eigenvalue weighted by Gasteiger charge is 2.28. The van der Waals surface area contributed by atoms with Gasteiger partial charge in [0.2, 0.25) is 15.9 Å². The molecule has 1 aromatic carbocycles. The van der Waals surface area contributed by atoms with Gasteiger partial charge in [0.25, 0.3) is 0 Å². The summed E-state index contributed by atoms with van der Waals surface area (Å²) in [6, 6.07) is 7.80. The number of nitrogens with one attached hydrogen (secondary N) is 1. The minimum absolute atomic E-state index is 0.000125. The molecular formula is C18H20Cl2N2O4S. The van der Waals surface area contributed by atoms with E-state index in [0.717, 1.165) is 12.8 Å². The van der Waals surface area contributed by atoms with Gasteiger partial charge in [0.05, 0.1) is 12.1 Å². The number of benzene rings is 1. The second-order valence-corrected chi connectivity index (χ2v) is 8.88. The molecule has 146 valence electrons. The number of methoxy groups -OCH3 is 1. The number of nitrogens with zero attached hydrogens (tertiary/aromatic N) is 1. The molecule has 0 radical (unpaired) electrons. The molecular weight excluding hydrogens is 411 g/mol. The van der Waals surface area contributed by atoms with Gasteiger partial charge in [-0.1, -0.05) is 23.2 Å². The predicted molar refractivity (Wildman–Crippen MR) is 104 cm³/mol. The normalized spacial score (nSPS) is 20.3. The van der Waals surface area contributed by atoms with E-state index in [0.29, 0.717) is 28.8 Å². The SMILES string of the molecule is COc1ccc(Cl)cc1S(=O)(=O)NC1CCC(Oc2ccc(Cl)cn2)CC1. The number of ether oxygens (including phenoxy) is 2. The van der Waals surface area contributed by atoms with Gasteiger partial charge in [-0.25, -0.2) is 18.1 Å². The summed E-state index contributed by atoms with van der Waals surface area (Å²) in [5, 5.41) is 0.889. The van der Waals surface area contributed by atoms with Crippen molar-refractivity contribution in [3.8, 4) is 11.6 Å². The summed E-state index contributed by atoms with van der Waals surface area (Å²) < 4.78 is 39.2. The van der Waals surface area contributed by atoms with Crippen molar-refractivity contribution in [1.29, 1.82) is 0 Å². The first-order valence-electron chi connectivity index (χ1n) is 8.51. The molecule has 0 saturated heterocycles. The van der Waals surface area contributed by atoms with Gasteiger partial charge in [-0.3, -0.25) is 0 Å². The van der Waals surface area contributed by atoms with Crippen molar-refractivity contribution in [2.75, 3.05) is 7.11 Å². The van der Waals surface area contributed by atoms with E-state index in [4.69, 9.17) is 32.7 Å². The molecule has 1 N–H and O–H groups in total. The summed E-state index contributed by atoms with van der Waals surface area (Å²) in [7, 11) is -2.31. The highest BCUT2D eigenvalue weighted by atomic mass is 35.5. The zero-order valence-electron chi connectivity index (χ0n) is 14.7. The second kappa shape index (κ2) is 8.65. The number of hydrogen-bond acceptors (Lipinski definition) is 5. The quantitative estimate of drug-likeness (QED) is 0.746. The van der Waals surface area contributed by atoms with E-state index in [1.54, 1.807) is 24.3 Å². The Morgan fingerprint density at radius 3 is 2.41 bits per heavy atom. The first-order chi connectivity index (χ1) is 12.9. The van der Waals surface area contributed by atoms with Gasteiger partial charge in [-0.05, 0) is 49.9 Å². The topological polar surface area (TPSA) is 77.5 Å². The smallest absolute Gasteiger partial charge is 0.244 e. The molecule has 0 spiro atoms. The summed E-state index contributed by atoms with van der Waals surface area (Å²) in [5.41, 5.74) is 0. The third-order valence-electron chi connectivity index (χ3n) is 4.40. The van der Waals surface area contributed by atoms with Crippen LogP contribution in [-0.2, 0) is 10.0 Å². The lowest BCUT2D eigenvalue weighted by molar-refractivity contribution is 0.138. The Morgan fingerprint density at radius 1 is 1.07 bits per heavy atom. The highest BCUT2D eigenvalue weighted by Crippen LogP contribution is 2.29. The largest absolute Gasteiger partial charge is 0.495 e. The van der Waals surface area contributed by atoms with Gasteiger partial charge in [-0.15, -0.1) is 0 Å². The number of sulfonamides is 1. The van der Waals surface area contributed by atoms with Crippen LogP contribution in [0.25, 0.3) is 0 Å². The zero-order chi connectivity index (χ0) is 19.4. The van der Waals surface area contributed by atoms with E-state index in [2.05, 4.69) is 9.71 Å². The van der Waals surface area contributed by atoms with E-state index in [1.165, 1.54) is 19.4 Å². The number of aromatic nitrogens is 1. The van der Waals surface area contributed by atoms with Crippen LogP contribution in [0, 0.1) is 0 Å². The Bertz CT molecular complexity index is 883. The van der Waals surface area contributed by atoms with Gasteiger partial charge in [-0.2, -0.15) is 0 Å². The summed E-state index contributed by atoms with van der Waals surface area (Å²) in [6.45, 7) is 0. The third kappa shape index (κ3) is 5.25. The lowest BCUT2D eigenvalue weighted by atomic mass is 9.94. The molecule has 6 nitrogen and oxygen atoms in total. The number of hydrogen-bond donors (Lipinski definition) is 1. The van der Waals surface area contributed by atoms with Gasteiger partial charge in [0, 0.05) is 23.3 Å². The lowest BCUT2D eigenvalue weighted by Gasteiger charge is -2.29. The lowest BCUT2D eigenvalue weighted by Crippen LogP contribution is -2.39. The van der Waals surface area contributed by atoms with E-state index >= 15 is 0 Å². The van der Waals surface area contributed by atoms with Crippen LogP contribution in [0.15, 0.2) is 41.4 Å². The maximum absolute atomic E-state index is 12.7. The van der Waals surface area contributed by atoms with Crippen LogP contribution in [0.4, 0.5) is 0 Å². The van der Waals surface area contributed by atoms with Crippen LogP contribution >= 0.6 is 23.2 Å². The van der Waals surface area contributed by atoms with Crippen LogP contribution in [0.1, 0.15) is 25.7 Å². The second-order valence-electron chi connectivity index (χ2n) is 6.32. The molecule has 0 atom stereocenters. The molecule has 0 amide bonds. The van der Waals surface area contributed by atoms with Gasteiger partial charge < -0.3 is 9.47 Å². The van der Waals surface area contributed by atoms with Crippen molar-refractivity contribution in [1.82, 2.24) is 9.71 Å². The number of pyridine rings is 1. The van der Waals surface area contributed by atoms with Crippen molar-refractivity contribution >= 4 is 33.2 Å². The summed E-state index contributed by atoms with van der Waals surface area (Å²) >= 11 is 11.8. The van der Waals surface area contributed by atoms with Crippen molar-refractivity contribution in [3.63, 3.8) is 0 Å². The molecule has 0 unspecified atom stereocenters. The Labute approximate surface area is 168 Å². The Morgan fingerprint density at radius 2 is 1.78 bits per heavy atom. The zero-order valence-corrected chi connectivity index (χ0v) is 17.0. The molecule has 1 aromatic heterocycles. The van der Waals surface area contributed by atoms with E-state index in [1.807, 2.05) is 0 Å². The van der Waals surface area contributed by atoms with Crippen LogP contribution in [0.2, 0.25) is 10.0 Å². The average Bonchev–Trinajstić information content (AvgIpc) is 2.65. The molecule has 1 heterocycles. The molecule has 27 heavy (non-hydrogen) atoms. The fourth-order valence-corrected chi connectivity index (χ4v) is 4.89. The Balaban J connectivity index is 1.60. The molecule has 0 bridgehead atoms. The monoisotopic (exact) mass is 430 g/mol. The van der Waals surface area contributed by atoms with Crippen molar-refractivity contribution in [3.05, 3.63) is 46.6 Å². The molecule has 1 fully saturated rings. The first kappa shape index (κ1) is 20.2. The third-order valence-corrected chi connectivity index (χ3v) is 6.40. The fraction of sp³-hybridized carbons (Fsp3) is 0.389.